The molecule has 0 N–H and O–H groups in total. The summed E-state index contributed by atoms with van der Waals surface area (Å²) in [6.07, 6.45) is 2.79. The van der Waals surface area contributed by atoms with E-state index in [1.54, 1.807) is 0 Å². The first kappa shape index (κ1) is 8.58. The lowest BCUT2D eigenvalue weighted by atomic mass is 10.1. The van der Waals surface area contributed by atoms with Gasteiger partial charge in [0.2, 0.25) is 0 Å². The van der Waals surface area contributed by atoms with E-state index in [2.05, 4.69) is 24.6 Å². The molecule has 1 saturated heterocycles. The third-order valence-electron chi connectivity index (χ3n) is 1.36. The Balaban J connectivity index is 0.000000490. The van der Waals surface area contributed by atoms with Crippen LogP contribution in [-0.2, 0) is 0 Å². The second-order valence-electron chi connectivity index (χ2n) is 2.64. The average molecular weight is 155 g/mol. The molecule has 1 aliphatic rings. The molecule has 1 rings (SSSR count). The van der Waals surface area contributed by atoms with Gasteiger partial charge in [0, 0.05) is 12.8 Å². The summed E-state index contributed by atoms with van der Waals surface area (Å²) in [5.74, 6) is 1.33. The first-order valence-corrected chi connectivity index (χ1v) is 3.72. The molecule has 50 valence electrons. The number of halogens is 2. The van der Waals surface area contributed by atoms with Crippen molar-refractivity contribution in [2.24, 2.45) is 0 Å². The van der Waals surface area contributed by atoms with Crippen molar-refractivity contribution in [3.05, 3.63) is 0 Å². The number of hydrogen-bond acceptors (Lipinski definition) is 0. The first-order chi connectivity index (χ1) is 3.21. The maximum Gasteiger partial charge on any atom is 0.186 e. The van der Waals surface area contributed by atoms with Crippen molar-refractivity contribution in [3.8, 4) is 0 Å². The van der Waals surface area contributed by atoms with E-state index in [-0.39, 0.29) is 12.4 Å². The van der Waals surface area contributed by atoms with Gasteiger partial charge in [-0.25, -0.2) is 0 Å². The fourth-order valence-electron chi connectivity index (χ4n) is 0.877. The van der Waals surface area contributed by atoms with Crippen LogP contribution in [-0.4, -0.2) is 10.8 Å². The Morgan fingerprint density at radius 3 is 2.12 bits per heavy atom. The highest BCUT2D eigenvalue weighted by molar-refractivity contribution is 4.67. The Morgan fingerprint density at radius 1 is 1.38 bits per heavy atom. The molecule has 0 bridgehead atoms. The van der Waals surface area contributed by atoms with Gasteiger partial charge in [0.1, 0.15) is 10.8 Å². The molecule has 0 radical (unpaired) electrons. The number of alkyl halides is 2. The van der Waals surface area contributed by atoms with E-state index in [9.17, 15) is 0 Å². The second kappa shape index (κ2) is 2.93. The molecule has 0 spiro atoms. The second-order valence-corrected chi connectivity index (χ2v) is 4.31. The molecule has 0 aliphatic carbocycles. The Bertz CT molecular complexity index is 60.9. The Labute approximate surface area is 61.2 Å². The predicted molar refractivity (Wildman–Crippen MR) is 28.2 cm³/mol. The predicted octanol–water partition coefficient (Wildman–Crippen LogP) is -1.35. The van der Waals surface area contributed by atoms with Gasteiger partial charge < -0.3 is 12.4 Å². The summed E-state index contributed by atoms with van der Waals surface area (Å²) in [5, 5.41) is 0. The number of rotatable bonds is 0. The molecule has 0 nitrogen and oxygen atoms in total. The first-order valence-electron chi connectivity index (χ1n) is 2.81. The van der Waals surface area contributed by atoms with Crippen LogP contribution in [0.2, 0.25) is 0 Å². The lowest BCUT2D eigenvalue weighted by Crippen LogP contribution is -3.00. The van der Waals surface area contributed by atoms with Crippen molar-refractivity contribution in [1.82, 2.24) is 0 Å². The maximum absolute atomic E-state index is 2.53. The van der Waals surface area contributed by atoms with Gasteiger partial charge in [0.15, 0.2) is 10.8 Å². The van der Waals surface area contributed by atoms with Gasteiger partial charge in [-0.2, -0.15) is 0 Å². The zero-order valence-electron chi connectivity index (χ0n) is 5.38. The minimum atomic E-state index is 0. The highest BCUT2D eigenvalue weighted by atomic mass is 35.5. The van der Waals surface area contributed by atoms with E-state index >= 15 is 0 Å². The molecule has 0 atom stereocenters. The molecular formula is C6H12Cl2. The van der Waals surface area contributed by atoms with Crippen molar-refractivity contribution in [2.75, 3.05) is 5.88 Å². The molecule has 1 aliphatic heterocycles. The minimum Gasteiger partial charge on any atom is -1.00 e. The molecule has 0 aromatic heterocycles. The van der Waals surface area contributed by atoms with Crippen LogP contribution in [0.25, 0.3) is 0 Å². The lowest BCUT2D eigenvalue weighted by molar-refractivity contribution is -0.700. The summed E-state index contributed by atoms with van der Waals surface area (Å²) in [5.41, 5.74) is 0. The van der Waals surface area contributed by atoms with Crippen molar-refractivity contribution < 1.29 is 23.2 Å². The standard InChI is InChI=1S/C6H12Cl.ClH/c1-6(2)4-3-5-7-6;/h3-5H2,1-2H3;1H/q+1;/p-1. The van der Waals surface area contributed by atoms with Crippen LogP contribution in [0.3, 0.4) is 0 Å². The van der Waals surface area contributed by atoms with Crippen molar-refractivity contribution >= 4 is 0 Å². The van der Waals surface area contributed by atoms with E-state index in [4.69, 9.17) is 0 Å². The van der Waals surface area contributed by atoms with Crippen LogP contribution < -0.4 is 12.4 Å². The fourth-order valence-corrected chi connectivity index (χ4v) is 1.92. The fraction of sp³-hybridized carbons (Fsp3) is 1.00. The van der Waals surface area contributed by atoms with Crippen molar-refractivity contribution in [1.29, 1.82) is 0 Å². The quantitative estimate of drug-likeness (QED) is 0.379. The summed E-state index contributed by atoms with van der Waals surface area (Å²) in [7, 11) is 2.53. The molecule has 0 aromatic carbocycles. The van der Waals surface area contributed by atoms with E-state index in [1.165, 1.54) is 18.7 Å². The summed E-state index contributed by atoms with van der Waals surface area (Å²) < 4.78 is 0. The van der Waals surface area contributed by atoms with E-state index in [0.717, 1.165) is 0 Å². The Kier molecular flexibility index (Phi) is 3.14. The SMILES string of the molecule is CC1(C)CCC[Cl+]1.[Cl-]. The lowest BCUT2D eigenvalue weighted by Gasteiger charge is -1.98. The highest BCUT2D eigenvalue weighted by Crippen LogP contribution is 2.23. The zero-order chi connectivity index (χ0) is 5.33. The van der Waals surface area contributed by atoms with Crippen LogP contribution in [0.4, 0.5) is 0 Å². The van der Waals surface area contributed by atoms with E-state index in [1.807, 2.05) is 0 Å². The summed E-state index contributed by atoms with van der Waals surface area (Å²) in [6.45, 7) is 4.60. The van der Waals surface area contributed by atoms with Gasteiger partial charge >= 0.3 is 0 Å². The molecule has 1 fully saturated rings. The van der Waals surface area contributed by atoms with Gasteiger partial charge in [-0.15, -0.1) is 0 Å². The maximum atomic E-state index is 2.53. The van der Waals surface area contributed by atoms with E-state index in [0.29, 0.717) is 4.87 Å². The topological polar surface area (TPSA) is 0 Å². The van der Waals surface area contributed by atoms with Crippen LogP contribution >= 0.6 is 0 Å². The van der Waals surface area contributed by atoms with Gasteiger partial charge in [0.05, 0.1) is 0 Å². The molecule has 0 aromatic rings. The molecule has 0 amide bonds. The molecule has 8 heavy (non-hydrogen) atoms. The molecule has 0 unspecified atom stereocenters. The number of hydrogen-bond donors (Lipinski definition) is 0. The van der Waals surface area contributed by atoms with Crippen LogP contribution in [0, 0.1) is 10.8 Å². The zero-order valence-corrected chi connectivity index (χ0v) is 6.89. The van der Waals surface area contributed by atoms with Crippen molar-refractivity contribution in [2.45, 2.75) is 31.6 Å². The molecular weight excluding hydrogens is 143 g/mol. The summed E-state index contributed by atoms with van der Waals surface area (Å²) >= 11 is 0. The largest absolute Gasteiger partial charge is 1.00 e. The Morgan fingerprint density at radius 2 is 2.00 bits per heavy atom. The minimum absolute atomic E-state index is 0. The third-order valence-corrected chi connectivity index (χ3v) is 2.73. The molecule has 0 saturated carbocycles. The van der Waals surface area contributed by atoms with Crippen LogP contribution in [0.5, 0.6) is 0 Å². The Hall–Kier alpha value is 0.580. The summed E-state index contributed by atoms with van der Waals surface area (Å²) in [4.78, 5) is 0.556. The normalized spacial score (nSPS) is 24.8. The van der Waals surface area contributed by atoms with Gasteiger partial charge in [-0.1, -0.05) is 0 Å². The average Bonchev–Trinajstić information content (AvgIpc) is 1.84. The summed E-state index contributed by atoms with van der Waals surface area (Å²) in [6, 6.07) is 0. The molecule has 1 heterocycles. The van der Waals surface area contributed by atoms with Gasteiger partial charge in [0.25, 0.3) is 0 Å². The molecule has 2 heteroatoms. The van der Waals surface area contributed by atoms with Gasteiger partial charge in [-0.05, 0) is 13.8 Å². The van der Waals surface area contributed by atoms with Crippen LogP contribution in [0.1, 0.15) is 26.7 Å². The smallest absolute Gasteiger partial charge is 0.186 e. The third kappa shape index (κ3) is 2.23. The van der Waals surface area contributed by atoms with E-state index < -0.39 is 0 Å². The highest BCUT2D eigenvalue weighted by Gasteiger charge is 2.37. The monoisotopic (exact) mass is 154 g/mol. The van der Waals surface area contributed by atoms with Crippen LogP contribution in [0.15, 0.2) is 0 Å². The van der Waals surface area contributed by atoms with Gasteiger partial charge in [-0.3, -0.25) is 0 Å². The van der Waals surface area contributed by atoms with Crippen molar-refractivity contribution in [3.63, 3.8) is 0 Å².